The number of benzene rings is 2. The molecular weight excluding hydrogens is 432 g/mol. The summed E-state index contributed by atoms with van der Waals surface area (Å²) in [6.45, 7) is 7.93. The predicted octanol–water partition coefficient (Wildman–Crippen LogP) is 3.84. The van der Waals surface area contributed by atoms with Crippen LogP contribution in [0, 0.1) is 0 Å². The van der Waals surface area contributed by atoms with Crippen molar-refractivity contribution >= 4 is 32.4 Å². The lowest BCUT2D eigenvalue weighted by Crippen LogP contribution is -2.48. The molecular formula is C24H30N8S. The average molecular weight is 463 g/mol. The van der Waals surface area contributed by atoms with E-state index in [2.05, 4.69) is 107 Å². The molecule has 0 N–H and O–H groups in total. The van der Waals surface area contributed by atoms with Crippen molar-refractivity contribution in [1.82, 2.24) is 30.1 Å². The Balaban J connectivity index is 1.41. The fourth-order valence-electron chi connectivity index (χ4n) is 4.39. The van der Waals surface area contributed by atoms with Gasteiger partial charge >= 0.3 is 0 Å². The van der Waals surface area contributed by atoms with Crippen LogP contribution in [0.25, 0.3) is 10.2 Å². The van der Waals surface area contributed by atoms with E-state index in [1.165, 1.54) is 16.0 Å². The van der Waals surface area contributed by atoms with Crippen LogP contribution in [-0.2, 0) is 0 Å². The molecule has 1 saturated heterocycles. The maximum Gasteiger partial charge on any atom is 0.186 e. The zero-order chi connectivity index (χ0) is 22.9. The summed E-state index contributed by atoms with van der Waals surface area (Å²) in [5, 5.41) is 13.9. The molecule has 8 nitrogen and oxygen atoms in total. The summed E-state index contributed by atoms with van der Waals surface area (Å²) >= 11 is 1.77. The molecule has 172 valence electrons. The van der Waals surface area contributed by atoms with Crippen LogP contribution in [-0.4, -0.2) is 70.4 Å². The third-order valence-electron chi connectivity index (χ3n) is 6.21. The molecule has 1 aliphatic heterocycles. The Kier molecular flexibility index (Phi) is 5.99. The Morgan fingerprint density at radius 2 is 1.67 bits per heavy atom. The Morgan fingerprint density at radius 1 is 0.939 bits per heavy atom. The number of rotatable bonds is 6. The highest BCUT2D eigenvalue weighted by molar-refractivity contribution is 7.22. The lowest BCUT2D eigenvalue weighted by atomic mass is 10.0. The van der Waals surface area contributed by atoms with Gasteiger partial charge in [-0.2, -0.15) is 0 Å². The summed E-state index contributed by atoms with van der Waals surface area (Å²) in [6, 6.07) is 17.3. The molecule has 33 heavy (non-hydrogen) atoms. The van der Waals surface area contributed by atoms with E-state index in [1.807, 2.05) is 4.68 Å². The lowest BCUT2D eigenvalue weighted by molar-refractivity contribution is 0.199. The van der Waals surface area contributed by atoms with Crippen molar-refractivity contribution in [1.29, 1.82) is 0 Å². The number of fused-ring (bicyclic) bond motifs is 1. The molecule has 1 fully saturated rings. The number of anilines is 2. The number of nitrogens with zero attached hydrogens (tertiary/aromatic N) is 8. The monoisotopic (exact) mass is 462 g/mol. The predicted molar refractivity (Wildman–Crippen MR) is 134 cm³/mol. The van der Waals surface area contributed by atoms with Crippen molar-refractivity contribution < 1.29 is 0 Å². The smallest absolute Gasteiger partial charge is 0.186 e. The van der Waals surface area contributed by atoms with Gasteiger partial charge < -0.3 is 9.80 Å². The van der Waals surface area contributed by atoms with E-state index in [9.17, 15) is 0 Å². The van der Waals surface area contributed by atoms with Gasteiger partial charge in [-0.3, -0.25) is 4.90 Å². The number of aromatic nitrogens is 5. The molecule has 1 unspecified atom stereocenters. The van der Waals surface area contributed by atoms with E-state index in [0.717, 1.165) is 42.7 Å². The van der Waals surface area contributed by atoms with E-state index in [1.54, 1.807) is 11.3 Å². The number of piperazine rings is 1. The Labute approximate surface area is 198 Å². The molecule has 1 aliphatic rings. The van der Waals surface area contributed by atoms with Crippen LogP contribution in [0.5, 0.6) is 0 Å². The van der Waals surface area contributed by atoms with Crippen molar-refractivity contribution in [2.75, 3.05) is 50.1 Å². The van der Waals surface area contributed by atoms with Crippen molar-refractivity contribution in [2.24, 2.45) is 0 Å². The first-order chi connectivity index (χ1) is 16.0. The maximum atomic E-state index is 4.86. The van der Waals surface area contributed by atoms with Crippen LogP contribution in [0.15, 0.2) is 48.5 Å². The molecule has 0 saturated carbocycles. The van der Waals surface area contributed by atoms with E-state index in [4.69, 9.17) is 4.98 Å². The van der Waals surface area contributed by atoms with Crippen molar-refractivity contribution in [3.8, 4) is 0 Å². The summed E-state index contributed by atoms with van der Waals surface area (Å²) in [7, 11) is 4.13. The van der Waals surface area contributed by atoms with Gasteiger partial charge in [-0.25, -0.2) is 9.67 Å². The molecule has 9 heteroatoms. The SMILES string of the molecule is CC(C)n1nnnc1C(c1ccc(N(C)C)cc1)N1CCN(c2nc3ccccc3s2)CC1. The van der Waals surface area contributed by atoms with E-state index >= 15 is 0 Å². The van der Waals surface area contributed by atoms with Gasteiger partial charge in [0.15, 0.2) is 11.0 Å². The van der Waals surface area contributed by atoms with E-state index < -0.39 is 0 Å². The van der Waals surface area contributed by atoms with Crippen molar-refractivity contribution in [3.63, 3.8) is 0 Å². The minimum atomic E-state index is 0.0103. The maximum absolute atomic E-state index is 4.86. The largest absolute Gasteiger partial charge is 0.378 e. The molecule has 0 radical (unpaired) electrons. The third-order valence-corrected chi connectivity index (χ3v) is 7.31. The third kappa shape index (κ3) is 4.30. The summed E-state index contributed by atoms with van der Waals surface area (Å²) < 4.78 is 3.19. The normalized spacial score (nSPS) is 16.0. The lowest BCUT2D eigenvalue weighted by Gasteiger charge is -2.39. The number of para-hydroxylation sites is 1. The second-order valence-corrected chi connectivity index (χ2v) is 9.96. The number of hydrogen-bond acceptors (Lipinski definition) is 8. The Morgan fingerprint density at radius 3 is 2.33 bits per heavy atom. The summed E-state index contributed by atoms with van der Waals surface area (Å²) in [5.41, 5.74) is 3.47. The Bertz CT molecular complexity index is 1170. The van der Waals surface area contributed by atoms with E-state index in [-0.39, 0.29) is 12.1 Å². The quantitative estimate of drug-likeness (QED) is 0.431. The molecule has 0 amide bonds. The zero-order valence-electron chi connectivity index (χ0n) is 19.6. The molecule has 5 rings (SSSR count). The van der Waals surface area contributed by atoms with Gasteiger partial charge in [-0.1, -0.05) is 35.6 Å². The van der Waals surface area contributed by atoms with Crippen LogP contribution in [0.4, 0.5) is 10.8 Å². The molecule has 2 aromatic heterocycles. The van der Waals surface area contributed by atoms with Gasteiger partial charge in [0.1, 0.15) is 0 Å². The standard InChI is InChI=1S/C24H30N8S/c1-17(2)32-23(26-27-28-32)22(18-9-11-19(12-10-18)29(3)4)30-13-15-31(16-14-30)24-25-20-7-5-6-8-21(20)33-24/h5-12,17,22H,13-16H2,1-4H3. The highest BCUT2D eigenvalue weighted by Crippen LogP contribution is 2.33. The van der Waals surface area contributed by atoms with Gasteiger partial charge in [-0.05, 0) is 54.1 Å². The topological polar surface area (TPSA) is 66.2 Å². The van der Waals surface area contributed by atoms with Crippen LogP contribution >= 0.6 is 11.3 Å². The fraction of sp³-hybridized carbons (Fsp3) is 0.417. The summed E-state index contributed by atoms with van der Waals surface area (Å²) in [6.07, 6.45) is 0. The first kappa shape index (κ1) is 21.8. The Hall–Kier alpha value is -3.04. The van der Waals surface area contributed by atoms with Crippen LogP contribution in [0.2, 0.25) is 0 Å². The number of hydrogen-bond donors (Lipinski definition) is 0. The van der Waals surface area contributed by atoms with Gasteiger partial charge in [0.2, 0.25) is 0 Å². The minimum absolute atomic E-state index is 0.0103. The number of tetrazole rings is 1. The van der Waals surface area contributed by atoms with Crippen LogP contribution in [0.3, 0.4) is 0 Å². The minimum Gasteiger partial charge on any atom is -0.378 e. The zero-order valence-corrected chi connectivity index (χ0v) is 20.4. The van der Waals surface area contributed by atoms with Gasteiger partial charge in [0.25, 0.3) is 0 Å². The van der Waals surface area contributed by atoms with Gasteiger partial charge in [0.05, 0.1) is 22.3 Å². The summed E-state index contributed by atoms with van der Waals surface area (Å²) in [4.78, 5) is 11.9. The first-order valence-corrected chi connectivity index (χ1v) is 12.2. The molecule has 0 aliphatic carbocycles. The van der Waals surface area contributed by atoms with Gasteiger partial charge in [0, 0.05) is 46.0 Å². The highest BCUT2D eigenvalue weighted by Gasteiger charge is 2.31. The highest BCUT2D eigenvalue weighted by atomic mass is 32.1. The van der Waals surface area contributed by atoms with Crippen molar-refractivity contribution in [3.05, 3.63) is 59.9 Å². The van der Waals surface area contributed by atoms with Crippen molar-refractivity contribution in [2.45, 2.75) is 25.9 Å². The molecule has 0 bridgehead atoms. The molecule has 0 spiro atoms. The second-order valence-electron chi connectivity index (χ2n) is 8.95. The number of thiazole rings is 1. The fourth-order valence-corrected chi connectivity index (χ4v) is 5.41. The summed E-state index contributed by atoms with van der Waals surface area (Å²) in [5.74, 6) is 0.899. The van der Waals surface area contributed by atoms with Crippen LogP contribution in [0.1, 0.15) is 37.3 Å². The molecule has 3 heterocycles. The van der Waals surface area contributed by atoms with Crippen LogP contribution < -0.4 is 9.80 Å². The average Bonchev–Trinajstić information content (AvgIpc) is 3.48. The van der Waals surface area contributed by atoms with Gasteiger partial charge in [-0.15, -0.1) is 5.10 Å². The van der Waals surface area contributed by atoms with E-state index in [0.29, 0.717) is 0 Å². The first-order valence-electron chi connectivity index (χ1n) is 11.4. The second kappa shape index (κ2) is 9.07. The molecule has 2 aromatic carbocycles. The molecule has 1 atom stereocenters. The molecule has 4 aromatic rings.